The molecule has 176 valence electrons. The number of non-ortho nitro benzene ring substituents is 1. The molecule has 5 nitrogen and oxygen atoms in total. The molecule has 4 rings (SSSR count). The molecule has 3 aromatic rings. The fourth-order valence-electron chi connectivity index (χ4n) is 4.21. The molecule has 0 saturated carbocycles. The number of hydrogen-bond donors (Lipinski definition) is 0. The van der Waals surface area contributed by atoms with Crippen LogP contribution in [0.5, 0.6) is 5.75 Å². The van der Waals surface area contributed by atoms with E-state index in [0.29, 0.717) is 5.75 Å². The first-order valence-corrected chi connectivity index (χ1v) is 11.3. The molecule has 0 aliphatic carbocycles. The Kier molecular flexibility index (Phi) is 7.65. The third-order valence-electron chi connectivity index (χ3n) is 6.06. The highest BCUT2D eigenvalue weighted by atomic mass is 19.1. The molecule has 0 N–H and O–H groups in total. The summed E-state index contributed by atoms with van der Waals surface area (Å²) in [5, 5.41) is 10.8. The Morgan fingerprint density at radius 3 is 2.00 bits per heavy atom. The van der Waals surface area contributed by atoms with Crippen molar-refractivity contribution in [1.29, 1.82) is 0 Å². The topological polar surface area (TPSA) is 55.6 Å². The lowest BCUT2D eigenvalue weighted by molar-refractivity contribution is -0.384. The minimum absolute atomic E-state index is 0.0377. The standard InChI is InChI=1S/C27H26F2N2O3/c28-22-7-3-20(4-8-22)27(21-5-9-23(29)10-6-21)2-1-17-30-18-15-26(16-19-30)34-25-13-11-24(12-14-25)31(32)33/h3-15,27H,1-2,16-19H2. The summed E-state index contributed by atoms with van der Waals surface area (Å²) < 4.78 is 32.7. The molecule has 34 heavy (non-hydrogen) atoms. The van der Waals surface area contributed by atoms with E-state index in [2.05, 4.69) is 4.90 Å². The van der Waals surface area contributed by atoms with Gasteiger partial charge in [0, 0.05) is 37.6 Å². The van der Waals surface area contributed by atoms with E-state index in [1.807, 2.05) is 6.08 Å². The van der Waals surface area contributed by atoms with Gasteiger partial charge in [-0.2, -0.15) is 0 Å². The number of nitro groups is 1. The van der Waals surface area contributed by atoms with Crippen LogP contribution in [-0.2, 0) is 0 Å². The number of benzene rings is 3. The van der Waals surface area contributed by atoms with Gasteiger partial charge in [-0.3, -0.25) is 15.0 Å². The number of rotatable bonds is 9. The maximum absolute atomic E-state index is 13.4. The molecule has 1 aliphatic heterocycles. The van der Waals surface area contributed by atoms with Gasteiger partial charge in [0.1, 0.15) is 23.1 Å². The highest BCUT2D eigenvalue weighted by Crippen LogP contribution is 2.30. The molecule has 0 radical (unpaired) electrons. The number of nitro benzene ring substituents is 1. The Balaban J connectivity index is 1.31. The molecule has 0 saturated heterocycles. The number of nitrogens with zero attached hydrogens (tertiary/aromatic N) is 2. The predicted octanol–water partition coefficient (Wildman–Crippen LogP) is 6.45. The molecule has 0 unspecified atom stereocenters. The van der Waals surface area contributed by atoms with Gasteiger partial charge >= 0.3 is 0 Å². The molecule has 0 atom stereocenters. The van der Waals surface area contributed by atoms with Crippen molar-refractivity contribution in [3.05, 3.63) is 118 Å². The second kappa shape index (κ2) is 11.0. The van der Waals surface area contributed by atoms with Crippen LogP contribution in [0.25, 0.3) is 0 Å². The third-order valence-corrected chi connectivity index (χ3v) is 6.06. The molecule has 0 fully saturated rings. The molecular weight excluding hydrogens is 438 g/mol. The Bertz CT molecular complexity index is 1080. The summed E-state index contributed by atoms with van der Waals surface area (Å²) in [5.41, 5.74) is 2.08. The van der Waals surface area contributed by atoms with E-state index in [4.69, 9.17) is 4.74 Å². The van der Waals surface area contributed by atoms with Crippen LogP contribution in [0.3, 0.4) is 0 Å². The minimum atomic E-state index is -0.432. The summed E-state index contributed by atoms with van der Waals surface area (Å²) in [4.78, 5) is 12.7. The summed E-state index contributed by atoms with van der Waals surface area (Å²) >= 11 is 0. The minimum Gasteiger partial charge on any atom is -0.462 e. The first-order valence-electron chi connectivity index (χ1n) is 11.3. The molecule has 3 aromatic carbocycles. The van der Waals surface area contributed by atoms with E-state index in [0.717, 1.165) is 55.8 Å². The lowest BCUT2D eigenvalue weighted by atomic mass is 9.87. The van der Waals surface area contributed by atoms with Crippen molar-refractivity contribution in [2.45, 2.75) is 25.2 Å². The Morgan fingerprint density at radius 1 is 0.912 bits per heavy atom. The van der Waals surface area contributed by atoms with Crippen LogP contribution in [0.1, 0.15) is 36.3 Å². The number of halogens is 2. The average molecular weight is 465 g/mol. The van der Waals surface area contributed by atoms with Crippen molar-refractivity contribution >= 4 is 5.69 Å². The molecule has 7 heteroatoms. The summed E-state index contributed by atoms with van der Waals surface area (Å²) in [6, 6.07) is 19.1. The lowest BCUT2D eigenvalue weighted by Crippen LogP contribution is -2.30. The molecular formula is C27H26F2N2O3. The van der Waals surface area contributed by atoms with Gasteiger partial charge in [0.2, 0.25) is 0 Å². The van der Waals surface area contributed by atoms with Crippen molar-refractivity contribution in [3.8, 4) is 5.75 Å². The lowest BCUT2D eigenvalue weighted by Gasteiger charge is -2.27. The van der Waals surface area contributed by atoms with Crippen LogP contribution in [0.15, 0.2) is 84.6 Å². The Hall–Kier alpha value is -3.58. The van der Waals surface area contributed by atoms with Crippen molar-refractivity contribution < 1.29 is 18.4 Å². The van der Waals surface area contributed by atoms with E-state index in [9.17, 15) is 18.9 Å². The van der Waals surface area contributed by atoms with E-state index in [1.54, 1.807) is 36.4 Å². The fourth-order valence-corrected chi connectivity index (χ4v) is 4.21. The Labute approximate surface area is 197 Å². The van der Waals surface area contributed by atoms with Crippen LogP contribution in [0.4, 0.5) is 14.5 Å². The largest absolute Gasteiger partial charge is 0.462 e. The third kappa shape index (κ3) is 6.26. The highest BCUT2D eigenvalue weighted by molar-refractivity contribution is 5.37. The highest BCUT2D eigenvalue weighted by Gasteiger charge is 2.17. The van der Waals surface area contributed by atoms with E-state index < -0.39 is 4.92 Å². The molecule has 0 amide bonds. The quantitative estimate of drug-likeness (QED) is 0.270. The van der Waals surface area contributed by atoms with Gasteiger partial charge in [-0.05, 0) is 73.0 Å². The molecule has 0 aromatic heterocycles. The monoisotopic (exact) mass is 464 g/mol. The molecule has 0 bridgehead atoms. The first kappa shape index (κ1) is 23.6. The van der Waals surface area contributed by atoms with Crippen LogP contribution in [0.2, 0.25) is 0 Å². The maximum Gasteiger partial charge on any atom is 0.269 e. The smallest absolute Gasteiger partial charge is 0.269 e. The van der Waals surface area contributed by atoms with Crippen molar-refractivity contribution in [2.75, 3.05) is 19.6 Å². The van der Waals surface area contributed by atoms with E-state index in [-0.39, 0.29) is 23.2 Å². The zero-order chi connectivity index (χ0) is 23.9. The van der Waals surface area contributed by atoms with Gasteiger partial charge < -0.3 is 4.74 Å². The predicted molar refractivity (Wildman–Crippen MR) is 127 cm³/mol. The van der Waals surface area contributed by atoms with Gasteiger partial charge in [0.15, 0.2) is 0 Å². The van der Waals surface area contributed by atoms with Crippen LogP contribution in [0, 0.1) is 21.7 Å². The number of hydrogen-bond acceptors (Lipinski definition) is 4. The zero-order valence-corrected chi connectivity index (χ0v) is 18.7. The van der Waals surface area contributed by atoms with Crippen molar-refractivity contribution in [2.24, 2.45) is 0 Å². The summed E-state index contributed by atoms with van der Waals surface area (Å²) in [6.07, 6.45) is 4.61. The molecule has 0 spiro atoms. The molecule has 1 heterocycles. The number of ether oxygens (including phenoxy) is 1. The van der Waals surface area contributed by atoms with Crippen molar-refractivity contribution in [3.63, 3.8) is 0 Å². The molecule has 1 aliphatic rings. The van der Waals surface area contributed by atoms with Gasteiger partial charge in [-0.1, -0.05) is 24.3 Å². The zero-order valence-electron chi connectivity index (χ0n) is 18.7. The summed E-state index contributed by atoms with van der Waals surface area (Å²) in [6.45, 7) is 2.52. The van der Waals surface area contributed by atoms with Gasteiger partial charge in [-0.25, -0.2) is 8.78 Å². The summed E-state index contributed by atoms with van der Waals surface area (Å²) in [5.74, 6) is 0.983. The maximum atomic E-state index is 13.4. The van der Waals surface area contributed by atoms with Crippen LogP contribution < -0.4 is 4.74 Å². The van der Waals surface area contributed by atoms with Crippen molar-refractivity contribution in [1.82, 2.24) is 4.90 Å². The van der Waals surface area contributed by atoms with Gasteiger partial charge in [0.05, 0.1) is 4.92 Å². The van der Waals surface area contributed by atoms with Gasteiger partial charge in [-0.15, -0.1) is 0 Å². The van der Waals surface area contributed by atoms with Gasteiger partial charge in [0.25, 0.3) is 5.69 Å². The van der Waals surface area contributed by atoms with Crippen LogP contribution in [-0.4, -0.2) is 29.5 Å². The fraction of sp³-hybridized carbons (Fsp3) is 0.259. The normalized spacial score (nSPS) is 14.1. The van der Waals surface area contributed by atoms with E-state index in [1.165, 1.54) is 36.4 Å². The Morgan fingerprint density at radius 2 is 1.50 bits per heavy atom. The average Bonchev–Trinajstić information content (AvgIpc) is 2.85. The SMILES string of the molecule is O=[N+]([O-])c1ccc(OC2=CCN(CCCC(c3ccc(F)cc3)c3ccc(F)cc3)CC2)cc1. The van der Waals surface area contributed by atoms with E-state index >= 15 is 0 Å². The second-order valence-corrected chi connectivity index (χ2v) is 8.37. The summed E-state index contributed by atoms with van der Waals surface area (Å²) in [7, 11) is 0. The second-order valence-electron chi connectivity index (χ2n) is 8.37. The first-order chi connectivity index (χ1) is 16.5. The van der Waals surface area contributed by atoms with Crippen LogP contribution >= 0.6 is 0 Å².